The summed E-state index contributed by atoms with van der Waals surface area (Å²) >= 11 is 0. The fraction of sp³-hybridized carbons (Fsp3) is 0.800. The molecule has 0 radical (unpaired) electrons. The van der Waals surface area contributed by atoms with Gasteiger partial charge in [-0.25, -0.2) is 10.1 Å². The molecular weight excluding hydrogens is 422 g/mol. The van der Waals surface area contributed by atoms with Crippen LogP contribution in [0.1, 0.15) is 64.7 Å². The van der Waals surface area contributed by atoms with Gasteiger partial charge in [-0.15, -0.1) is 0 Å². The van der Waals surface area contributed by atoms with E-state index in [-0.39, 0.29) is 23.9 Å². The number of carbonyl (C=O) groups is 3. The van der Waals surface area contributed by atoms with Crippen LogP contribution in [0.3, 0.4) is 0 Å². The Kier molecular flexibility index (Phi) is 7.38. The van der Waals surface area contributed by atoms with Gasteiger partial charge in [0.05, 0.1) is 20.7 Å². The Bertz CT molecular complexity index is 814. The van der Waals surface area contributed by atoms with Gasteiger partial charge in [-0.2, -0.15) is 0 Å². The lowest BCUT2D eigenvalue weighted by atomic mass is 9.61. The van der Waals surface area contributed by atoms with Crippen molar-refractivity contribution in [2.24, 2.45) is 17.8 Å². The second-order valence-corrected chi connectivity index (χ2v) is 10.5. The van der Waals surface area contributed by atoms with E-state index < -0.39 is 23.1 Å². The predicted molar refractivity (Wildman–Crippen MR) is 121 cm³/mol. The van der Waals surface area contributed by atoms with E-state index >= 15 is 0 Å². The molecule has 0 spiro atoms. The number of esters is 1. The average molecular weight is 464 g/mol. The van der Waals surface area contributed by atoms with E-state index in [0.717, 1.165) is 45.3 Å². The molecule has 2 aliphatic heterocycles. The van der Waals surface area contributed by atoms with Crippen molar-refractivity contribution < 1.29 is 34.5 Å². The number of nitrogens with one attached hydrogen (secondary N) is 1. The summed E-state index contributed by atoms with van der Waals surface area (Å²) in [6, 6.07) is 0. The number of nitrogens with two attached hydrogens (primary N) is 2. The van der Waals surface area contributed by atoms with Crippen molar-refractivity contribution in [2.75, 3.05) is 27.4 Å². The van der Waals surface area contributed by atoms with Crippen LogP contribution in [0.25, 0.3) is 0 Å². The number of hydrogen-bond donors (Lipinski definition) is 3. The molecule has 8 nitrogen and oxygen atoms in total. The number of ether oxygens (including phenoxy) is 2. The number of rotatable bonds is 9. The van der Waals surface area contributed by atoms with Crippen LogP contribution in [0.4, 0.5) is 0 Å². The number of fused-ring (bicyclic) bond motifs is 2. The Labute approximate surface area is 196 Å². The minimum Gasteiger partial charge on any atom is -0.466 e. The SMILES string of the molecule is C[NH2+]CNC1CC(CCC(C)=CC[C@@]23O[C@]2(C(=O)OC)C(=O)C2CCCCC2C3=O)CC[NH2+]1. The molecule has 184 valence electrons. The molecule has 0 aromatic carbocycles. The fourth-order valence-corrected chi connectivity index (χ4v) is 6.42. The summed E-state index contributed by atoms with van der Waals surface area (Å²) in [5, 5.41) is 8.10. The molecule has 0 aromatic heterocycles. The Hall–Kier alpha value is -1.61. The van der Waals surface area contributed by atoms with Crippen molar-refractivity contribution in [1.82, 2.24) is 5.32 Å². The zero-order chi connectivity index (χ0) is 23.6. The van der Waals surface area contributed by atoms with Crippen LogP contribution >= 0.6 is 0 Å². The number of carbonyl (C=O) groups excluding carboxylic acids is 3. The molecule has 2 saturated heterocycles. The molecule has 2 aliphatic carbocycles. The minimum absolute atomic E-state index is 0.0642. The molecule has 8 heteroatoms. The van der Waals surface area contributed by atoms with E-state index in [1.807, 2.05) is 6.08 Å². The van der Waals surface area contributed by atoms with Gasteiger partial charge in [0.25, 0.3) is 5.60 Å². The van der Waals surface area contributed by atoms with E-state index in [2.05, 4.69) is 29.9 Å². The third-order valence-corrected chi connectivity index (χ3v) is 8.39. The lowest BCUT2D eigenvalue weighted by molar-refractivity contribution is -0.716. The third-order valence-electron chi connectivity index (χ3n) is 8.39. The average Bonchev–Trinajstić information content (AvgIpc) is 3.55. The van der Waals surface area contributed by atoms with Crippen LogP contribution in [0.15, 0.2) is 11.6 Å². The van der Waals surface area contributed by atoms with E-state index in [1.165, 1.54) is 19.1 Å². The molecule has 0 aromatic rings. The summed E-state index contributed by atoms with van der Waals surface area (Å²) in [5.41, 5.74) is -1.89. The highest BCUT2D eigenvalue weighted by atomic mass is 16.7. The molecule has 4 aliphatic rings. The van der Waals surface area contributed by atoms with Crippen LogP contribution in [-0.2, 0) is 23.9 Å². The number of hydrogen-bond acceptors (Lipinski definition) is 6. The lowest BCUT2D eigenvalue weighted by Gasteiger charge is -2.36. The summed E-state index contributed by atoms with van der Waals surface area (Å²) in [6.07, 6.45) is 10.5. The predicted octanol–water partition coefficient (Wildman–Crippen LogP) is -0.218. The van der Waals surface area contributed by atoms with E-state index in [1.54, 1.807) is 0 Å². The summed E-state index contributed by atoms with van der Waals surface area (Å²) in [5.74, 6) is -1.04. The van der Waals surface area contributed by atoms with Crippen molar-refractivity contribution in [1.29, 1.82) is 0 Å². The second-order valence-electron chi connectivity index (χ2n) is 10.5. The van der Waals surface area contributed by atoms with Crippen molar-refractivity contribution in [3.05, 3.63) is 11.6 Å². The van der Waals surface area contributed by atoms with Gasteiger partial charge in [-0.05, 0) is 44.9 Å². The fourth-order valence-electron chi connectivity index (χ4n) is 6.42. The van der Waals surface area contributed by atoms with Crippen LogP contribution in [-0.4, -0.2) is 62.3 Å². The van der Waals surface area contributed by atoms with E-state index in [0.29, 0.717) is 24.9 Å². The van der Waals surface area contributed by atoms with Gasteiger partial charge in [0.15, 0.2) is 17.2 Å². The number of epoxide rings is 1. The van der Waals surface area contributed by atoms with E-state index in [4.69, 9.17) is 9.47 Å². The Balaban J connectivity index is 1.41. The maximum absolute atomic E-state index is 13.5. The number of ketones is 2. The van der Waals surface area contributed by atoms with Crippen LogP contribution < -0.4 is 16.0 Å². The van der Waals surface area contributed by atoms with Gasteiger partial charge >= 0.3 is 5.97 Å². The maximum Gasteiger partial charge on any atom is 0.349 e. The zero-order valence-corrected chi connectivity index (χ0v) is 20.4. The molecule has 6 atom stereocenters. The first-order valence-electron chi connectivity index (χ1n) is 12.8. The molecule has 4 fully saturated rings. The molecule has 2 heterocycles. The van der Waals surface area contributed by atoms with Crippen LogP contribution in [0.2, 0.25) is 0 Å². The van der Waals surface area contributed by atoms with Crippen LogP contribution in [0, 0.1) is 17.8 Å². The summed E-state index contributed by atoms with van der Waals surface area (Å²) in [6.45, 7) is 4.16. The Morgan fingerprint density at radius 1 is 1.24 bits per heavy atom. The number of allylic oxidation sites excluding steroid dienone is 1. The molecular formula is C25H41N3O5+2. The standard InChI is InChI=1S/C25H39N3O5/c1-16(8-9-17-11-13-27-20(14-17)28-15-26-2)10-12-24-21(29)18-6-4-5-7-19(18)22(30)25(24,33-24)23(31)32-3/h10,17-20,26-28H,4-9,11-15H2,1-3H3/p+2/t17?,18?,19?,20?,24-,25-/m0/s1. The van der Waals surface area contributed by atoms with Crippen molar-refractivity contribution in [3.8, 4) is 0 Å². The zero-order valence-electron chi connectivity index (χ0n) is 20.4. The van der Waals surface area contributed by atoms with Gasteiger partial charge in [-0.3, -0.25) is 9.59 Å². The van der Waals surface area contributed by atoms with Gasteiger partial charge < -0.3 is 20.1 Å². The molecule has 33 heavy (non-hydrogen) atoms. The van der Waals surface area contributed by atoms with Gasteiger partial charge in [0.2, 0.25) is 0 Å². The Morgan fingerprint density at radius 2 is 1.97 bits per heavy atom. The molecule has 0 bridgehead atoms. The molecule has 2 saturated carbocycles. The first-order valence-corrected chi connectivity index (χ1v) is 12.8. The van der Waals surface area contributed by atoms with Crippen molar-refractivity contribution >= 4 is 17.5 Å². The number of quaternary nitrogens is 2. The summed E-state index contributed by atoms with van der Waals surface area (Å²) in [7, 11) is 3.33. The highest BCUT2D eigenvalue weighted by Crippen LogP contribution is 2.61. The minimum atomic E-state index is -1.72. The van der Waals surface area contributed by atoms with E-state index in [9.17, 15) is 14.4 Å². The van der Waals surface area contributed by atoms with Gasteiger partial charge in [0.1, 0.15) is 12.8 Å². The smallest absolute Gasteiger partial charge is 0.349 e. The molecule has 4 unspecified atom stereocenters. The first kappa shape index (κ1) is 24.5. The summed E-state index contributed by atoms with van der Waals surface area (Å²) < 4.78 is 10.8. The second kappa shape index (κ2) is 9.94. The summed E-state index contributed by atoms with van der Waals surface area (Å²) in [4.78, 5) is 39.6. The van der Waals surface area contributed by atoms with Gasteiger partial charge in [0, 0.05) is 24.7 Å². The number of piperidine rings is 1. The van der Waals surface area contributed by atoms with Gasteiger partial charge in [-0.1, -0.05) is 24.5 Å². The molecule has 0 amide bonds. The largest absolute Gasteiger partial charge is 0.466 e. The quantitative estimate of drug-likeness (QED) is 0.143. The van der Waals surface area contributed by atoms with Crippen molar-refractivity contribution in [2.45, 2.75) is 82.1 Å². The van der Waals surface area contributed by atoms with Crippen molar-refractivity contribution in [3.63, 3.8) is 0 Å². The highest BCUT2D eigenvalue weighted by molar-refractivity contribution is 6.23. The number of Topliss-reactive ketones (excluding diaryl/α,β-unsaturated/α-hetero) is 2. The normalized spacial score (nSPS) is 38.5. The Morgan fingerprint density at radius 3 is 2.67 bits per heavy atom. The number of methoxy groups -OCH3 is 1. The third kappa shape index (κ3) is 4.31. The lowest BCUT2D eigenvalue weighted by Crippen LogP contribution is -2.97. The molecule has 4 rings (SSSR count). The molecule has 5 N–H and O–H groups in total. The monoisotopic (exact) mass is 463 g/mol. The highest BCUT2D eigenvalue weighted by Gasteiger charge is 2.86. The maximum atomic E-state index is 13.5. The first-order chi connectivity index (χ1) is 15.9. The topological polar surface area (TPSA) is 118 Å². The van der Waals surface area contributed by atoms with Crippen LogP contribution in [0.5, 0.6) is 0 Å².